The number of halogens is 3. The summed E-state index contributed by atoms with van der Waals surface area (Å²) in [6, 6.07) is 2.07. The van der Waals surface area contributed by atoms with E-state index < -0.39 is 17.5 Å². The largest absolute Gasteiger partial charge is 0.336 e. The molecule has 1 saturated heterocycles. The lowest BCUT2D eigenvalue weighted by Gasteiger charge is -2.35. The van der Waals surface area contributed by atoms with E-state index in [9.17, 15) is 18.0 Å². The van der Waals surface area contributed by atoms with Crippen LogP contribution in [0, 0.1) is 17.5 Å². The molecule has 1 fully saturated rings. The summed E-state index contributed by atoms with van der Waals surface area (Å²) in [5, 5.41) is 2.48. The molecule has 1 aromatic heterocycles. The Labute approximate surface area is 149 Å². The van der Waals surface area contributed by atoms with E-state index in [2.05, 4.69) is 22.2 Å². The van der Waals surface area contributed by atoms with Crippen LogP contribution >= 0.6 is 0 Å². The van der Waals surface area contributed by atoms with Crippen LogP contribution in [0.25, 0.3) is 0 Å². The Morgan fingerprint density at radius 2 is 1.92 bits per heavy atom. The predicted molar refractivity (Wildman–Crippen MR) is 90.6 cm³/mol. The summed E-state index contributed by atoms with van der Waals surface area (Å²) in [6.45, 7) is 2.76. The molecule has 1 N–H and O–H groups in total. The third-order valence-electron chi connectivity index (χ3n) is 4.54. The normalized spacial score (nSPS) is 17.2. The average Bonchev–Trinajstić information content (AvgIpc) is 2.68. The van der Waals surface area contributed by atoms with Crippen LogP contribution in [0.1, 0.15) is 43.0 Å². The van der Waals surface area contributed by atoms with Crippen molar-refractivity contribution in [2.24, 2.45) is 0 Å². The van der Waals surface area contributed by atoms with E-state index in [-0.39, 0.29) is 23.6 Å². The predicted octanol–water partition coefficient (Wildman–Crippen LogP) is 4.04. The lowest BCUT2D eigenvalue weighted by Crippen LogP contribution is -2.43. The maximum absolute atomic E-state index is 13.7. The molecule has 0 aliphatic carbocycles. The number of piperidine rings is 1. The van der Waals surface area contributed by atoms with Crippen molar-refractivity contribution in [3.8, 4) is 0 Å². The second-order valence-electron chi connectivity index (χ2n) is 6.20. The van der Waals surface area contributed by atoms with Gasteiger partial charge >= 0.3 is 0 Å². The maximum Gasteiger partial charge on any atom is 0.257 e. The highest BCUT2D eigenvalue weighted by Gasteiger charge is 2.26. The lowest BCUT2D eigenvalue weighted by molar-refractivity contribution is 0.0607. The van der Waals surface area contributed by atoms with Crippen molar-refractivity contribution in [1.29, 1.82) is 0 Å². The van der Waals surface area contributed by atoms with Crippen molar-refractivity contribution in [3.05, 3.63) is 47.5 Å². The zero-order valence-corrected chi connectivity index (χ0v) is 14.3. The molecule has 1 aliphatic heterocycles. The minimum Gasteiger partial charge on any atom is -0.336 e. The van der Waals surface area contributed by atoms with Crippen LogP contribution in [0.2, 0.25) is 0 Å². The molecular weight excluding hydrogens is 345 g/mol. The number of carbonyl (C=O) groups excluding carboxylic acids is 1. The summed E-state index contributed by atoms with van der Waals surface area (Å²) in [4.78, 5) is 22.4. The van der Waals surface area contributed by atoms with E-state index in [4.69, 9.17) is 0 Å². The third kappa shape index (κ3) is 3.63. The van der Waals surface area contributed by atoms with Crippen molar-refractivity contribution in [3.63, 3.8) is 0 Å². The quantitative estimate of drug-likeness (QED) is 0.832. The van der Waals surface area contributed by atoms with Gasteiger partial charge in [-0.15, -0.1) is 0 Å². The molecule has 0 spiro atoms. The molecule has 1 aromatic carbocycles. The van der Waals surface area contributed by atoms with Crippen LogP contribution in [-0.2, 0) is 0 Å². The SMILES string of the molecule is CCC1CCCCN1C(=O)c1cnc(Nc2ccc(F)c(F)c2F)nc1. The van der Waals surface area contributed by atoms with Gasteiger partial charge in [0.25, 0.3) is 5.91 Å². The van der Waals surface area contributed by atoms with E-state index in [1.807, 2.05) is 4.90 Å². The number of likely N-dealkylation sites (tertiary alicyclic amines) is 1. The highest BCUT2D eigenvalue weighted by molar-refractivity contribution is 5.94. The summed E-state index contributed by atoms with van der Waals surface area (Å²) in [5.74, 6) is -4.36. The van der Waals surface area contributed by atoms with E-state index in [0.717, 1.165) is 37.8 Å². The van der Waals surface area contributed by atoms with Crippen LogP contribution in [0.4, 0.5) is 24.8 Å². The molecule has 26 heavy (non-hydrogen) atoms. The maximum atomic E-state index is 13.7. The van der Waals surface area contributed by atoms with Gasteiger partial charge < -0.3 is 10.2 Å². The van der Waals surface area contributed by atoms with E-state index in [1.54, 1.807) is 0 Å². The Morgan fingerprint density at radius 1 is 1.19 bits per heavy atom. The molecule has 5 nitrogen and oxygen atoms in total. The highest BCUT2D eigenvalue weighted by atomic mass is 19.2. The molecule has 1 atom stereocenters. The summed E-state index contributed by atoms with van der Waals surface area (Å²) < 4.78 is 39.9. The lowest BCUT2D eigenvalue weighted by atomic mass is 9.99. The van der Waals surface area contributed by atoms with Crippen molar-refractivity contribution in [2.45, 2.75) is 38.6 Å². The smallest absolute Gasteiger partial charge is 0.257 e. The van der Waals surface area contributed by atoms with E-state index in [1.165, 1.54) is 12.4 Å². The van der Waals surface area contributed by atoms with Gasteiger partial charge in [0.1, 0.15) is 0 Å². The van der Waals surface area contributed by atoms with E-state index >= 15 is 0 Å². The molecule has 0 bridgehead atoms. The molecule has 0 radical (unpaired) electrons. The molecular formula is C18H19F3N4O. The van der Waals surface area contributed by atoms with Gasteiger partial charge in [-0.3, -0.25) is 4.79 Å². The zero-order valence-electron chi connectivity index (χ0n) is 14.3. The Balaban J connectivity index is 1.74. The number of rotatable bonds is 4. The molecule has 0 saturated carbocycles. The zero-order chi connectivity index (χ0) is 18.7. The van der Waals surface area contributed by atoms with Crippen LogP contribution in [0.3, 0.4) is 0 Å². The Bertz CT molecular complexity index is 798. The van der Waals surface area contributed by atoms with Gasteiger partial charge in [-0.2, -0.15) is 0 Å². The number of anilines is 2. The topological polar surface area (TPSA) is 58.1 Å². The van der Waals surface area contributed by atoms with Crippen LogP contribution in [-0.4, -0.2) is 33.4 Å². The van der Waals surface area contributed by atoms with Gasteiger partial charge in [0.2, 0.25) is 5.95 Å². The summed E-state index contributed by atoms with van der Waals surface area (Å²) in [6.07, 6.45) is 6.65. The Morgan fingerprint density at radius 3 is 2.62 bits per heavy atom. The number of benzene rings is 1. The van der Waals surface area contributed by atoms with Gasteiger partial charge in [0.15, 0.2) is 17.5 Å². The first-order chi connectivity index (χ1) is 12.5. The first kappa shape index (κ1) is 18.2. The van der Waals surface area contributed by atoms with Crippen LogP contribution in [0.5, 0.6) is 0 Å². The van der Waals surface area contributed by atoms with Gasteiger partial charge in [0, 0.05) is 25.0 Å². The minimum atomic E-state index is -1.57. The van der Waals surface area contributed by atoms with Crippen LogP contribution in [0.15, 0.2) is 24.5 Å². The number of hydrogen-bond donors (Lipinski definition) is 1. The van der Waals surface area contributed by atoms with Crippen molar-refractivity contribution < 1.29 is 18.0 Å². The van der Waals surface area contributed by atoms with Crippen molar-refractivity contribution in [1.82, 2.24) is 14.9 Å². The van der Waals surface area contributed by atoms with Gasteiger partial charge in [-0.25, -0.2) is 23.1 Å². The molecule has 8 heteroatoms. The second kappa shape index (κ2) is 7.72. The molecule has 1 amide bonds. The number of nitrogens with one attached hydrogen (secondary N) is 1. The number of aromatic nitrogens is 2. The summed E-state index contributed by atoms with van der Waals surface area (Å²) >= 11 is 0. The van der Waals surface area contributed by atoms with Gasteiger partial charge in [0.05, 0.1) is 11.3 Å². The van der Waals surface area contributed by atoms with Gasteiger partial charge in [-0.05, 0) is 37.8 Å². The van der Waals surface area contributed by atoms with E-state index in [0.29, 0.717) is 12.1 Å². The van der Waals surface area contributed by atoms with Crippen molar-refractivity contribution in [2.75, 3.05) is 11.9 Å². The number of carbonyl (C=O) groups is 1. The molecule has 1 unspecified atom stereocenters. The molecule has 1 aliphatic rings. The average molecular weight is 364 g/mol. The Hall–Kier alpha value is -2.64. The van der Waals surface area contributed by atoms with Crippen LogP contribution < -0.4 is 5.32 Å². The molecule has 3 rings (SSSR count). The second-order valence-corrected chi connectivity index (χ2v) is 6.20. The fourth-order valence-electron chi connectivity index (χ4n) is 3.10. The number of amides is 1. The minimum absolute atomic E-state index is 0.0165. The fourth-order valence-corrected chi connectivity index (χ4v) is 3.10. The number of hydrogen-bond acceptors (Lipinski definition) is 4. The van der Waals surface area contributed by atoms with Gasteiger partial charge in [-0.1, -0.05) is 6.92 Å². The third-order valence-corrected chi connectivity index (χ3v) is 4.54. The highest BCUT2D eigenvalue weighted by Crippen LogP contribution is 2.23. The first-order valence-corrected chi connectivity index (χ1v) is 8.54. The first-order valence-electron chi connectivity index (χ1n) is 8.54. The monoisotopic (exact) mass is 364 g/mol. The summed E-state index contributed by atoms with van der Waals surface area (Å²) in [5.41, 5.74) is 0.0479. The number of nitrogens with zero attached hydrogens (tertiary/aromatic N) is 3. The summed E-state index contributed by atoms with van der Waals surface area (Å²) in [7, 11) is 0. The molecule has 138 valence electrons. The standard InChI is InChI=1S/C18H19F3N4O/c1-2-12-5-3-4-8-25(12)17(26)11-9-22-18(23-10-11)24-14-7-6-13(19)15(20)16(14)21/h6-7,9-10,12H,2-5,8H2,1H3,(H,22,23,24). The molecule has 2 heterocycles. The van der Waals surface area contributed by atoms with Crippen molar-refractivity contribution >= 4 is 17.5 Å². The fraction of sp³-hybridized carbons (Fsp3) is 0.389. The Kier molecular flexibility index (Phi) is 5.39. The molecule has 2 aromatic rings.